The molecular weight excluding hydrogens is 214 g/mol. The van der Waals surface area contributed by atoms with E-state index in [1.54, 1.807) is 13.3 Å². The molecule has 0 bridgehead atoms. The van der Waals surface area contributed by atoms with E-state index in [1.807, 2.05) is 26.2 Å². The first-order valence-electron chi connectivity index (χ1n) is 5.89. The first-order chi connectivity index (χ1) is 7.97. The molecule has 1 aromatic rings. The van der Waals surface area contributed by atoms with Crippen LogP contribution in [-0.4, -0.2) is 36.6 Å². The van der Waals surface area contributed by atoms with Crippen LogP contribution < -0.4 is 10.5 Å². The molecule has 0 saturated carbocycles. The van der Waals surface area contributed by atoms with E-state index in [9.17, 15) is 0 Å². The second-order valence-corrected chi connectivity index (χ2v) is 4.67. The number of pyridine rings is 1. The molecule has 0 aromatic carbocycles. The van der Waals surface area contributed by atoms with E-state index < -0.39 is 0 Å². The number of ether oxygens (including phenoxy) is 1. The van der Waals surface area contributed by atoms with E-state index in [0.29, 0.717) is 0 Å². The van der Waals surface area contributed by atoms with Crippen molar-refractivity contribution in [3.8, 4) is 5.75 Å². The second kappa shape index (κ2) is 5.47. The minimum Gasteiger partial charge on any atom is -0.495 e. The first kappa shape index (κ1) is 13.9. The molecule has 96 valence electrons. The number of rotatable bonds is 5. The summed E-state index contributed by atoms with van der Waals surface area (Å²) >= 11 is 0. The third-order valence-electron chi connectivity index (χ3n) is 3.72. The Balaban J connectivity index is 3.14. The third-order valence-corrected chi connectivity index (χ3v) is 3.72. The van der Waals surface area contributed by atoms with Gasteiger partial charge in [-0.25, -0.2) is 0 Å². The van der Waals surface area contributed by atoms with E-state index in [0.717, 1.165) is 17.9 Å². The van der Waals surface area contributed by atoms with Gasteiger partial charge in [0, 0.05) is 11.7 Å². The molecule has 0 saturated heterocycles. The summed E-state index contributed by atoms with van der Waals surface area (Å²) in [6, 6.07) is 3.57. The van der Waals surface area contributed by atoms with Crippen molar-refractivity contribution in [1.82, 2.24) is 9.88 Å². The van der Waals surface area contributed by atoms with Gasteiger partial charge < -0.3 is 15.4 Å². The van der Waals surface area contributed by atoms with Crippen LogP contribution in [0.2, 0.25) is 0 Å². The standard InChI is InChI=1S/C13H23N3O/c1-6-13(2,16(3)4)12(14)11-10(17-5)8-7-9-15-11/h7-9,12H,6,14H2,1-5H3. The smallest absolute Gasteiger partial charge is 0.142 e. The van der Waals surface area contributed by atoms with Gasteiger partial charge in [0.2, 0.25) is 0 Å². The quantitative estimate of drug-likeness (QED) is 0.848. The van der Waals surface area contributed by atoms with E-state index in [-0.39, 0.29) is 11.6 Å². The average molecular weight is 237 g/mol. The van der Waals surface area contributed by atoms with E-state index in [2.05, 4.69) is 23.7 Å². The lowest BCUT2D eigenvalue weighted by Gasteiger charge is -2.40. The molecule has 4 nitrogen and oxygen atoms in total. The van der Waals surface area contributed by atoms with Gasteiger partial charge in [-0.15, -0.1) is 0 Å². The summed E-state index contributed by atoms with van der Waals surface area (Å²) in [7, 11) is 5.73. The summed E-state index contributed by atoms with van der Waals surface area (Å²) < 4.78 is 5.32. The van der Waals surface area contributed by atoms with Gasteiger partial charge in [-0.05, 0) is 39.6 Å². The van der Waals surface area contributed by atoms with Crippen molar-refractivity contribution in [3.05, 3.63) is 24.0 Å². The topological polar surface area (TPSA) is 51.4 Å². The molecule has 4 heteroatoms. The highest BCUT2D eigenvalue weighted by atomic mass is 16.5. The van der Waals surface area contributed by atoms with Gasteiger partial charge in [-0.2, -0.15) is 0 Å². The van der Waals surface area contributed by atoms with Crippen LogP contribution in [0.15, 0.2) is 18.3 Å². The molecule has 1 rings (SSSR count). The predicted molar refractivity (Wildman–Crippen MR) is 70.1 cm³/mol. The summed E-state index contributed by atoms with van der Waals surface area (Å²) in [5.74, 6) is 0.751. The maximum atomic E-state index is 6.38. The summed E-state index contributed by atoms with van der Waals surface area (Å²) in [5.41, 5.74) is 7.05. The van der Waals surface area contributed by atoms with Crippen molar-refractivity contribution in [2.24, 2.45) is 5.73 Å². The molecule has 17 heavy (non-hydrogen) atoms. The molecule has 2 atom stereocenters. The lowest BCUT2D eigenvalue weighted by molar-refractivity contribution is 0.128. The molecule has 1 aromatic heterocycles. The summed E-state index contributed by atoms with van der Waals surface area (Å²) in [4.78, 5) is 6.51. The lowest BCUT2D eigenvalue weighted by Crippen LogP contribution is -2.49. The first-order valence-corrected chi connectivity index (χ1v) is 5.89. The highest BCUT2D eigenvalue weighted by Gasteiger charge is 2.35. The van der Waals surface area contributed by atoms with Crippen LogP contribution in [0.4, 0.5) is 0 Å². The number of likely N-dealkylation sites (N-methyl/N-ethyl adjacent to an activating group) is 1. The zero-order valence-corrected chi connectivity index (χ0v) is 11.4. The third kappa shape index (κ3) is 2.58. The molecule has 0 aliphatic carbocycles. The molecule has 1 heterocycles. The average Bonchev–Trinajstić information content (AvgIpc) is 2.36. The molecule has 0 radical (unpaired) electrons. The van der Waals surface area contributed by atoms with Crippen molar-refractivity contribution >= 4 is 0 Å². The lowest BCUT2D eigenvalue weighted by atomic mass is 9.86. The Labute approximate surface area is 104 Å². The van der Waals surface area contributed by atoms with Crippen LogP contribution in [0.25, 0.3) is 0 Å². The van der Waals surface area contributed by atoms with Crippen LogP contribution >= 0.6 is 0 Å². The number of hydrogen-bond acceptors (Lipinski definition) is 4. The predicted octanol–water partition coefficient (Wildman–Crippen LogP) is 1.82. The van der Waals surface area contributed by atoms with E-state index >= 15 is 0 Å². The largest absolute Gasteiger partial charge is 0.495 e. The van der Waals surface area contributed by atoms with Crippen LogP contribution in [0.1, 0.15) is 32.0 Å². The van der Waals surface area contributed by atoms with Gasteiger partial charge in [0.1, 0.15) is 11.4 Å². The highest BCUT2D eigenvalue weighted by molar-refractivity contribution is 5.31. The fraction of sp³-hybridized carbons (Fsp3) is 0.615. The van der Waals surface area contributed by atoms with E-state index in [4.69, 9.17) is 10.5 Å². The van der Waals surface area contributed by atoms with Gasteiger partial charge in [-0.3, -0.25) is 4.98 Å². The number of hydrogen-bond donors (Lipinski definition) is 1. The molecule has 0 spiro atoms. The minimum atomic E-state index is -0.182. The number of nitrogens with two attached hydrogens (primary N) is 1. The van der Waals surface area contributed by atoms with Gasteiger partial charge >= 0.3 is 0 Å². The Hall–Kier alpha value is -1.13. The van der Waals surface area contributed by atoms with Crippen LogP contribution in [0, 0.1) is 0 Å². The van der Waals surface area contributed by atoms with Gasteiger partial charge in [0.05, 0.1) is 13.2 Å². The van der Waals surface area contributed by atoms with Crippen molar-refractivity contribution in [2.45, 2.75) is 31.8 Å². The van der Waals surface area contributed by atoms with Crippen LogP contribution in [0.5, 0.6) is 5.75 Å². The molecule has 0 fully saturated rings. The summed E-state index contributed by atoms with van der Waals surface area (Å²) in [6.45, 7) is 4.28. The minimum absolute atomic E-state index is 0.137. The zero-order valence-electron chi connectivity index (χ0n) is 11.4. The van der Waals surface area contributed by atoms with Gasteiger partial charge in [0.15, 0.2) is 0 Å². The fourth-order valence-corrected chi connectivity index (χ4v) is 1.92. The van der Waals surface area contributed by atoms with Crippen LogP contribution in [-0.2, 0) is 0 Å². The molecule has 0 aliphatic rings. The Morgan fingerprint density at radius 1 is 1.53 bits per heavy atom. The Morgan fingerprint density at radius 2 is 2.18 bits per heavy atom. The fourth-order valence-electron chi connectivity index (χ4n) is 1.92. The molecule has 0 amide bonds. The van der Waals surface area contributed by atoms with Gasteiger partial charge in [0.25, 0.3) is 0 Å². The zero-order chi connectivity index (χ0) is 13.1. The number of aromatic nitrogens is 1. The summed E-state index contributed by atoms with van der Waals surface area (Å²) in [6.07, 6.45) is 2.70. The van der Waals surface area contributed by atoms with Crippen LogP contribution in [0.3, 0.4) is 0 Å². The normalized spacial score (nSPS) is 16.6. The van der Waals surface area contributed by atoms with Crippen molar-refractivity contribution < 1.29 is 4.74 Å². The van der Waals surface area contributed by atoms with E-state index in [1.165, 1.54) is 0 Å². The molecular formula is C13H23N3O. The molecule has 2 N–H and O–H groups in total. The highest BCUT2D eigenvalue weighted by Crippen LogP contribution is 2.33. The Bertz CT molecular complexity index is 367. The summed E-state index contributed by atoms with van der Waals surface area (Å²) in [5, 5.41) is 0. The van der Waals surface area contributed by atoms with Crippen molar-refractivity contribution in [3.63, 3.8) is 0 Å². The SMILES string of the molecule is CCC(C)(C(N)c1ncccc1OC)N(C)C. The maximum absolute atomic E-state index is 6.38. The molecule has 0 aliphatic heterocycles. The number of nitrogens with zero attached hydrogens (tertiary/aromatic N) is 2. The number of methoxy groups -OCH3 is 1. The van der Waals surface area contributed by atoms with Gasteiger partial charge in [-0.1, -0.05) is 6.92 Å². The monoisotopic (exact) mass is 237 g/mol. The Kier molecular flexibility index (Phi) is 4.48. The Morgan fingerprint density at radius 3 is 2.65 bits per heavy atom. The maximum Gasteiger partial charge on any atom is 0.142 e. The van der Waals surface area contributed by atoms with Crippen molar-refractivity contribution in [2.75, 3.05) is 21.2 Å². The van der Waals surface area contributed by atoms with Crippen molar-refractivity contribution in [1.29, 1.82) is 0 Å². The molecule has 2 unspecified atom stereocenters. The second-order valence-electron chi connectivity index (χ2n) is 4.67.